The Labute approximate surface area is 99.7 Å². The zero-order valence-electron chi connectivity index (χ0n) is 10.2. The van der Waals surface area contributed by atoms with Crippen LogP contribution in [0, 0.1) is 0 Å². The maximum atomic E-state index is 11.7. The Hall–Kier alpha value is -1.78. The van der Waals surface area contributed by atoms with Crippen LogP contribution in [0.1, 0.15) is 47.2 Å². The molecule has 94 valence electrons. The molecule has 0 fully saturated rings. The van der Waals surface area contributed by atoms with Crippen molar-refractivity contribution in [1.29, 1.82) is 0 Å². The van der Waals surface area contributed by atoms with Crippen LogP contribution in [0.5, 0.6) is 0 Å². The molecule has 0 spiro atoms. The molecular formula is C12H16O5. The van der Waals surface area contributed by atoms with Crippen LogP contribution in [0.15, 0.2) is 10.7 Å². The number of carbonyl (C=O) groups excluding carboxylic acids is 2. The average Bonchev–Trinajstić information content (AvgIpc) is 2.73. The third-order valence-electron chi connectivity index (χ3n) is 2.16. The van der Waals surface area contributed by atoms with Gasteiger partial charge in [0, 0.05) is 6.42 Å². The Balaban J connectivity index is 3.09. The van der Waals surface area contributed by atoms with E-state index in [2.05, 4.69) is 0 Å². The molecule has 0 bridgehead atoms. The molecule has 1 heterocycles. The van der Waals surface area contributed by atoms with Gasteiger partial charge in [-0.1, -0.05) is 6.92 Å². The smallest absolute Gasteiger partial charge is 0.342 e. The average molecular weight is 240 g/mol. The predicted octanol–water partition coefficient (Wildman–Crippen LogP) is 2.20. The number of ether oxygens (including phenoxy) is 2. The molecule has 0 aliphatic heterocycles. The summed E-state index contributed by atoms with van der Waals surface area (Å²) in [6.07, 6.45) is 1.75. The van der Waals surface area contributed by atoms with Crippen molar-refractivity contribution in [2.24, 2.45) is 0 Å². The lowest BCUT2D eigenvalue weighted by molar-refractivity contribution is 0.0479. The van der Waals surface area contributed by atoms with E-state index in [0.29, 0.717) is 12.2 Å². The van der Waals surface area contributed by atoms with E-state index in [1.54, 1.807) is 13.8 Å². The highest BCUT2D eigenvalue weighted by Crippen LogP contribution is 2.20. The molecule has 0 N–H and O–H groups in total. The van der Waals surface area contributed by atoms with Crippen LogP contribution in [0.25, 0.3) is 0 Å². The van der Waals surface area contributed by atoms with Crippen LogP contribution in [0.4, 0.5) is 0 Å². The first-order chi connectivity index (χ1) is 8.15. The number of aryl methyl sites for hydroxylation is 1. The summed E-state index contributed by atoms with van der Waals surface area (Å²) in [6.45, 7) is 5.72. The van der Waals surface area contributed by atoms with Gasteiger partial charge in [-0.3, -0.25) is 0 Å². The van der Waals surface area contributed by atoms with Crippen molar-refractivity contribution in [3.8, 4) is 0 Å². The molecule has 5 nitrogen and oxygen atoms in total. The molecule has 5 heteroatoms. The van der Waals surface area contributed by atoms with Gasteiger partial charge in [-0.25, -0.2) is 9.59 Å². The molecule has 17 heavy (non-hydrogen) atoms. The lowest BCUT2D eigenvalue weighted by Gasteiger charge is -2.04. The molecular weight excluding hydrogens is 224 g/mol. The molecule has 0 radical (unpaired) electrons. The van der Waals surface area contributed by atoms with Gasteiger partial charge in [0.1, 0.15) is 23.2 Å². The first-order valence-electron chi connectivity index (χ1n) is 5.60. The summed E-state index contributed by atoms with van der Waals surface area (Å²) in [5.41, 5.74) is 0.301. The van der Waals surface area contributed by atoms with Gasteiger partial charge in [0.2, 0.25) is 0 Å². The number of hydrogen-bond acceptors (Lipinski definition) is 5. The second-order valence-electron chi connectivity index (χ2n) is 3.24. The van der Waals surface area contributed by atoms with Crippen molar-refractivity contribution >= 4 is 11.9 Å². The quantitative estimate of drug-likeness (QED) is 0.738. The van der Waals surface area contributed by atoms with Gasteiger partial charge in [0.15, 0.2) is 0 Å². The van der Waals surface area contributed by atoms with E-state index in [-0.39, 0.29) is 24.3 Å². The van der Waals surface area contributed by atoms with Crippen LogP contribution in [-0.4, -0.2) is 25.2 Å². The summed E-state index contributed by atoms with van der Waals surface area (Å²) in [5.74, 6) is -0.688. The molecule has 0 atom stereocenters. The van der Waals surface area contributed by atoms with E-state index in [9.17, 15) is 9.59 Å². The highest BCUT2D eigenvalue weighted by molar-refractivity contribution is 6.03. The monoisotopic (exact) mass is 240 g/mol. The van der Waals surface area contributed by atoms with Crippen LogP contribution in [0.3, 0.4) is 0 Å². The van der Waals surface area contributed by atoms with Gasteiger partial charge in [-0.2, -0.15) is 0 Å². The second kappa shape index (κ2) is 6.08. The van der Waals surface area contributed by atoms with Gasteiger partial charge in [-0.05, 0) is 13.8 Å². The number of carbonyl (C=O) groups is 2. The van der Waals surface area contributed by atoms with E-state index in [1.807, 2.05) is 6.92 Å². The lowest BCUT2D eigenvalue weighted by Crippen LogP contribution is -2.13. The standard InChI is InChI=1S/C12H16O5/c1-4-9-10(12(14)16-6-3)8(7-17-9)11(13)15-5-2/h7H,4-6H2,1-3H3. The molecule has 1 rings (SSSR count). The van der Waals surface area contributed by atoms with Crippen molar-refractivity contribution in [2.45, 2.75) is 27.2 Å². The molecule has 0 saturated heterocycles. The fourth-order valence-corrected chi connectivity index (χ4v) is 1.44. The molecule has 0 aromatic carbocycles. The van der Waals surface area contributed by atoms with E-state index in [1.165, 1.54) is 6.26 Å². The lowest BCUT2D eigenvalue weighted by atomic mass is 10.1. The number of hydrogen-bond donors (Lipinski definition) is 0. The SMILES string of the molecule is CCOC(=O)c1coc(CC)c1C(=O)OCC. The van der Waals surface area contributed by atoms with Crippen LogP contribution in [-0.2, 0) is 15.9 Å². The van der Waals surface area contributed by atoms with E-state index in [0.717, 1.165) is 0 Å². The van der Waals surface area contributed by atoms with Crippen molar-refractivity contribution < 1.29 is 23.5 Å². The highest BCUT2D eigenvalue weighted by atomic mass is 16.5. The molecule has 1 aromatic heterocycles. The zero-order valence-corrected chi connectivity index (χ0v) is 10.2. The minimum atomic E-state index is -0.570. The minimum absolute atomic E-state index is 0.127. The molecule has 0 saturated carbocycles. The van der Waals surface area contributed by atoms with Crippen LogP contribution in [0.2, 0.25) is 0 Å². The summed E-state index contributed by atoms with van der Waals surface area (Å²) < 4.78 is 14.9. The third-order valence-corrected chi connectivity index (χ3v) is 2.16. The first kappa shape index (κ1) is 13.3. The zero-order chi connectivity index (χ0) is 12.8. The van der Waals surface area contributed by atoms with Crippen LogP contribution >= 0.6 is 0 Å². The minimum Gasteiger partial charge on any atom is -0.468 e. The Kier molecular flexibility index (Phi) is 4.75. The van der Waals surface area contributed by atoms with Gasteiger partial charge >= 0.3 is 11.9 Å². The molecule has 0 aliphatic carbocycles. The summed E-state index contributed by atoms with van der Waals surface area (Å²) >= 11 is 0. The van der Waals surface area contributed by atoms with Crippen molar-refractivity contribution in [2.75, 3.05) is 13.2 Å². The maximum absolute atomic E-state index is 11.7. The summed E-state index contributed by atoms with van der Waals surface area (Å²) in [6, 6.07) is 0. The number of esters is 2. The molecule has 0 unspecified atom stereocenters. The third kappa shape index (κ3) is 2.87. The fourth-order valence-electron chi connectivity index (χ4n) is 1.44. The summed E-state index contributed by atoms with van der Waals surface area (Å²) in [4.78, 5) is 23.3. The van der Waals surface area contributed by atoms with E-state index < -0.39 is 11.9 Å². The normalized spacial score (nSPS) is 10.1. The molecule has 1 aromatic rings. The topological polar surface area (TPSA) is 65.7 Å². The van der Waals surface area contributed by atoms with Gasteiger partial charge in [0.25, 0.3) is 0 Å². The van der Waals surface area contributed by atoms with Gasteiger partial charge in [-0.15, -0.1) is 0 Å². The molecule has 0 amide bonds. The second-order valence-corrected chi connectivity index (χ2v) is 3.24. The van der Waals surface area contributed by atoms with Crippen molar-refractivity contribution in [1.82, 2.24) is 0 Å². The molecule has 0 aliphatic rings. The Morgan fingerprint density at radius 1 is 1.12 bits per heavy atom. The fraction of sp³-hybridized carbons (Fsp3) is 0.500. The Morgan fingerprint density at radius 3 is 2.24 bits per heavy atom. The largest absolute Gasteiger partial charge is 0.468 e. The highest BCUT2D eigenvalue weighted by Gasteiger charge is 2.26. The summed E-state index contributed by atoms with van der Waals surface area (Å²) in [5, 5.41) is 0. The summed E-state index contributed by atoms with van der Waals surface area (Å²) in [7, 11) is 0. The van der Waals surface area contributed by atoms with Crippen molar-refractivity contribution in [3.63, 3.8) is 0 Å². The van der Waals surface area contributed by atoms with Crippen LogP contribution < -0.4 is 0 Å². The maximum Gasteiger partial charge on any atom is 0.342 e. The number of rotatable bonds is 5. The van der Waals surface area contributed by atoms with Gasteiger partial charge in [0.05, 0.1) is 13.2 Å². The van der Waals surface area contributed by atoms with E-state index >= 15 is 0 Å². The van der Waals surface area contributed by atoms with Crippen molar-refractivity contribution in [3.05, 3.63) is 23.2 Å². The Morgan fingerprint density at radius 2 is 1.71 bits per heavy atom. The van der Waals surface area contributed by atoms with Gasteiger partial charge < -0.3 is 13.9 Å². The van der Waals surface area contributed by atoms with E-state index in [4.69, 9.17) is 13.9 Å². The Bertz CT molecular complexity index is 405. The first-order valence-corrected chi connectivity index (χ1v) is 5.60. The predicted molar refractivity (Wildman–Crippen MR) is 60.0 cm³/mol. The number of furan rings is 1.